The van der Waals surface area contributed by atoms with Crippen LogP contribution in [0.5, 0.6) is 0 Å². The number of halogens is 8. The number of carbonyl (C=O) groups excluding carboxylic acids is 2. The Labute approximate surface area is 843 Å². The number of fused-ring (bicyclic) bond motifs is 24. The zero-order chi connectivity index (χ0) is 96.7. The van der Waals surface area contributed by atoms with Crippen molar-refractivity contribution in [3.8, 4) is 33.6 Å². The second-order valence-corrected chi connectivity index (χ2v) is 37.9. The van der Waals surface area contributed by atoms with Crippen LogP contribution in [-0.2, 0) is 9.31 Å². The molecule has 0 aliphatic carbocycles. The van der Waals surface area contributed by atoms with E-state index in [1.54, 1.807) is 54.6 Å². The Morgan fingerprint density at radius 1 is 0.345 bits per heavy atom. The largest absolute Gasteiger partial charge is 0.495 e. The molecule has 7 N–H and O–H groups in total. The number of rotatable bonds is 7. The summed E-state index contributed by atoms with van der Waals surface area (Å²) < 4.78 is 18.3. The van der Waals surface area contributed by atoms with Gasteiger partial charge < -0.3 is 35.8 Å². The average molecular weight is 2020 g/mol. The van der Waals surface area contributed by atoms with E-state index in [9.17, 15) is 9.59 Å². The van der Waals surface area contributed by atoms with Crippen LogP contribution in [0.3, 0.4) is 0 Å². The molecule has 19 aromatic carbocycles. The molecule has 24 aromatic rings. The first kappa shape index (κ1) is 94.3. The van der Waals surface area contributed by atoms with E-state index in [2.05, 4.69) is 203 Å². The summed E-state index contributed by atoms with van der Waals surface area (Å²) in [5, 5.41) is 38.8. The molecule has 0 unspecified atom stereocenters. The number of nitrogen functional groups attached to an aromatic ring is 2. The van der Waals surface area contributed by atoms with Crippen molar-refractivity contribution in [1.82, 2.24) is 28.7 Å². The summed E-state index contributed by atoms with van der Waals surface area (Å²) in [6.07, 6.45) is 1.69. The maximum atomic E-state index is 11.6. The Bertz CT molecular complexity index is 8900. The summed E-state index contributed by atoms with van der Waals surface area (Å²) in [4.78, 5) is 40.8. The van der Waals surface area contributed by atoms with Crippen LogP contribution < -0.4 is 22.4 Å². The topological polar surface area (TPSA) is 208 Å². The van der Waals surface area contributed by atoms with Gasteiger partial charge in [0, 0.05) is 116 Å². The number of aromatic nitrogens is 6. The van der Waals surface area contributed by atoms with E-state index in [0.717, 1.165) is 187 Å². The summed E-state index contributed by atoms with van der Waals surface area (Å²) in [5.74, 6) is 0.805. The number of imidazole rings is 3. The van der Waals surface area contributed by atoms with Gasteiger partial charge in [0.05, 0.1) is 66.7 Å². The SMILES string of the molecule is CC1(C)OB(c2cc3c4ccccc4n4c5ccccc5nc4c3c3ccccc23)OC1(C)C.Clc1cc2c3ccccc3n3c4ccccc4nc3c2c2ccccc12.Clc1ccccc1-c1cc(Cl)c2ccccc2c1-c1nc2ccccc2[nH]1.Nc1ccccc1N.O=Cc1c(-c2ccccc2Cl)cc(Cl)c2ccccc12.O=Cc1c(Br)cc(Cl)c2ccccc12.OB(O)c1ccccc1Cl. The maximum absolute atomic E-state index is 11.6. The van der Waals surface area contributed by atoms with E-state index in [-0.39, 0.29) is 0 Å². The number of pyridine rings is 2. The zero-order valence-electron chi connectivity index (χ0n) is 75.0. The van der Waals surface area contributed by atoms with Gasteiger partial charge in [-0.05, 0) is 206 Å². The van der Waals surface area contributed by atoms with Crippen LogP contribution in [0.15, 0.2) is 375 Å². The first-order valence-electron chi connectivity index (χ1n) is 44.5. The Hall–Kier alpha value is -13.7. The van der Waals surface area contributed by atoms with Gasteiger partial charge in [0.2, 0.25) is 0 Å². The fourth-order valence-electron chi connectivity index (χ4n) is 18.0. The summed E-state index contributed by atoms with van der Waals surface area (Å²) >= 11 is 47.3. The third kappa shape index (κ3) is 18.2. The zero-order valence-corrected chi connectivity index (χ0v) is 81.8. The molecule has 14 nitrogen and oxygen atoms in total. The van der Waals surface area contributed by atoms with Gasteiger partial charge in [-0.2, -0.15) is 0 Å². The first-order chi connectivity index (χ1) is 67.4. The number of nitrogens with one attached hydrogen (secondary N) is 1. The van der Waals surface area contributed by atoms with Gasteiger partial charge in [0.25, 0.3) is 0 Å². The van der Waals surface area contributed by atoms with Gasteiger partial charge >= 0.3 is 14.2 Å². The predicted octanol–water partition coefficient (Wildman–Crippen LogP) is 30.8. The standard InChI is InChI=1S/C29H25BN2O2.C23H14Cl2N2.C23H13ClN2.C17H10Cl2O.C11H6BrClO.C6H6BClO2.C6H8N2/c1-28(2)29(3,4)34-30(33-28)22-17-21-19-12-7-9-15-24(19)32-25-16-10-8-14-23(25)31-27(32)26(21)20-13-6-5-11-18(20)22;24-18-10-4-3-8-15(18)17-13-19(25)14-7-1-2-9-16(14)22(17)23-26-20-11-5-6-12-21(20)27-23;24-18-13-17-15-8-3-5-11-20(15)26-21-12-6-4-10-19(21)25-23(26)22(17)16-9-2-1-7-14(16)18;18-16-8-4-3-7-13(16)14-9-17(19)12-6-2-1-5-11(12)15(14)10-20;12-10-5-11(13)8-4-2-1-3-7(8)9(10)6-14;8-6-4-2-1-3-5(6)7(9)10;7-5-3-1-2-4-6(5)8/h5-17H,1-4H3;1-13H,(H,26,27);1-13H;1-10H;1-6H;1-4,9-10H;1-4H,7-8H2. The second-order valence-electron chi connectivity index (χ2n) is 34.2. The fourth-order valence-corrected chi connectivity index (χ4v) is 20.5. The van der Waals surface area contributed by atoms with E-state index in [4.69, 9.17) is 127 Å². The molecule has 0 saturated carbocycles. The normalized spacial score (nSPS) is 12.5. The van der Waals surface area contributed by atoms with Crippen molar-refractivity contribution < 1.29 is 28.9 Å². The molecule has 24 heteroatoms. The Balaban J connectivity index is 0.000000108. The average Bonchev–Trinajstić information content (AvgIpc) is 1.61. The number of anilines is 2. The van der Waals surface area contributed by atoms with E-state index in [1.807, 2.05) is 170 Å². The van der Waals surface area contributed by atoms with Crippen molar-refractivity contribution in [3.63, 3.8) is 0 Å². The Morgan fingerprint density at radius 3 is 1.19 bits per heavy atom. The van der Waals surface area contributed by atoms with Gasteiger partial charge in [-0.3, -0.25) is 18.4 Å². The highest BCUT2D eigenvalue weighted by atomic mass is 79.9. The van der Waals surface area contributed by atoms with E-state index in [0.29, 0.717) is 58.1 Å². The van der Waals surface area contributed by atoms with Crippen molar-refractivity contribution in [2.75, 3.05) is 11.5 Å². The number of nitrogens with two attached hydrogens (primary N) is 2. The molecule has 1 aliphatic rings. The molecule has 0 bridgehead atoms. The number of benzene rings is 19. The van der Waals surface area contributed by atoms with Gasteiger partial charge in [0.1, 0.15) is 17.1 Å². The molecule has 6 heterocycles. The summed E-state index contributed by atoms with van der Waals surface area (Å²) in [7, 11) is -1.91. The maximum Gasteiger partial charge on any atom is 0.495 e. The van der Waals surface area contributed by atoms with Crippen molar-refractivity contribution in [2.24, 2.45) is 0 Å². The lowest BCUT2D eigenvalue weighted by Crippen LogP contribution is -2.41. The second kappa shape index (κ2) is 40.0. The van der Waals surface area contributed by atoms with Crippen LogP contribution in [0.1, 0.15) is 48.4 Å². The minimum Gasteiger partial charge on any atom is -0.423 e. The van der Waals surface area contributed by atoms with Crippen LogP contribution in [0.25, 0.3) is 175 Å². The molecular formula is C115H82B2BrCl7N8O6. The lowest BCUT2D eigenvalue weighted by Gasteiger charge is -2.32. The van der Waals surface area contributed by atoms with Crippen molar-refractivity contribution in [3.05, 3.63) is 421 Å². The van der Waals surface area contributed by atoms with E-state index >= 15 is 0 Å². The monoisotopic (exact) mass is 2020 g/mol. The molecule has 0 radical (unpaired) electrons. The Kier molecular flexibility index (Phi) is 27.2. The molecule has 1 saturated heterocycles. The third-order valence-corrected chi connectivity index (χ3v) is 28.3. The number of hydrogen-bond donors (Lipinski definition) is 5. The van der Waals surface area contributed by atoms with Crippen LogP contribution in [0.4, 0.5) is 11.4 Å². The highest BCUT2D eigenvalue weighted by molar-refractivity contribution is 9.10. The van der Waals surface area contributed by atoms with E-state index in [1.165, 1.54) is 16.2 Å². The molecule has 0 amide bonds. The van der Waals surface area contributed by atoms with Gasteiger partial charge in [-0.25, -0.2) is 15.0 Å². The molecule has 1 aliphatic heterocycles. The predicted molar refractivity (Wildman–Crippen MR) is 589 cm³/mol. The van der Waals surface area contributed by atoms with Crippen LogP contribution >= 0.6 is 97.1 Å². The summed E-state index contributed by atoms with van der Waals surface area (Å²) in [5.41, 5.74) is 28.8. The van der Waals surface area contributed by atoms with Crippen LogP contribution in [-0.4, -0.2) is 76.8 Å². The van der Waals surface area contributed by atoms with Crippen LogP contribution in [0, 0.1) is 0 Å². The van der Waals surface area contributed by atoms with Crippen molar-refractivity contribution in [1.29, 1.82) is 0 Å². The van der Waals surface area contributed by atoms with Gasteiger partial charge in [0.15, 0.2) is 12.6 Å². The molecule has 139 heavy (non-hydrogen) atoms. The van der Waals surface area contributed by atoms with E-state index < -0.39 is 25.4 Å². The lowest BCUT2D eigenvalue weighted by atomic mass is 9.74. The Morgan fingerprint density at radius 2 is 0.705 bits per heavy atom. The highest BCUT2D eigenvalue weighted by Crippen LogP contribution is 2.47. The quantitative estimate of drug-likeness (QED) is 0.0439. The fraction of sp³-hybridized carbons (Fsp3) is 0.0522. The highest BCUT2D eigenvalue weighted by Gasteiger charge is 2.52. The number of H-pyrrole nitrogens is 1. The molecule has 0 atom stereocenters. The molecule has 5 aromatic heterocycles. The molecule has 1 fully saturated rings. The first-order valence-corrected chi connectivity index (χ1v) is 48.0. The van der Waals surface area contributed by atoms with Crippen molar-refractivity contribution >= 4 is 288 Å². The molecular weight excluding hydrogens is 1940 g/mol. The third-order valence-electron chi connectivity index (χ3n) is 25.4. The summed E-state index contributed by atoms with van der Waals surface area (Å²) in [6.45, 7) is 8.41. The minimum atomic E-state index is -1.48. The van der Waals surface area contributed by atoms with Gasteiger partial charge in [-0.1, -0.05) is 348 Å². The molecule has 0 spiro atoms. The minimum absolute atomic E-state index is 0.337. The smallest absolute Gasteiger partial charge is 0.423 e. The number of nitrogens with zero attached hydrogens (tertiary/aromatic N) is 5. The number of hydrogen-bond acceptors (Lipinski definition) is 11. The molecule has 25 rings (SSSR count). The number of carbonyl (C=O) groups is 2. The summed E-state index contributed by atoms with van der Waals surface area (Å²) in [6, 6.07) is 121. The number of aldehydes is 2. The van der Waals surface area contributed by atoms with Crippen molar-refractivity contribution in [2.45, 2.75) is 38.9 Å². The molecule has 680 valence electrons. The van der Waals surface area contributed by atoms with Gasteiger partial charge in [-0.15, -0.1) is 0 Å². The lowest BCUT2D eigenvalue weighted by molar-refractivity contribution is 0.00578. The number of para-hydroxylation sites is 10. The number of aromatic amines is 1. The van der Waals surface area contributed by atoms with Crippen LogP contribution in [0.2, 0.25) is 35.2 Å².